The van der Waals surface area contributed by atoms with Crippen molar-refractivity contribution < 1.29 is 18.3 Å². The van der Waals surface area contributed by atoms with Gasteiger partial charge in [-0.3, -0.25) is 0 Å². The molecule has 0 N–H and O–H groups in total. The van der Waals surface area contributed by atoms with Crippen LogP contribution in [0, 0.1) is 29.4 Å². The fourth-order valence-electron chi connectivity index (χ4n) is 5.02. The molecule has 2 aliphatic carbocycles. The SMILES string of the molecule is CCCCOc1ccc2c(sc3c(F)c(OCC4CCC(CC5CC5)CC4)ccc32)c1F. The Bertz CT molecular complexity index is 1080. The Balaban J connectivity index is 1.28. The minimum absolute atomic E-state index is 0.242. The number of benzene rings is 2. The third-order valence-electron chi connectivity index (χ3n) is 7.18. The Labute approximate surface area is 192 Å². The number of ether oxygens (including phenoxy) is 2. The van der Waals surface area contributed by atoms with E-state index in [9.17, 15) is 0 Å². The predicted molar refractivity (Wildman–Crippen MR) is 128 cm³/mol. The summed E-state index contributed by atoms with van der Waals surface area (Å²) < 4.78 is 42.7. The van der Waals surface area contributed by atoms with Crippen LogP contribution in [0.3, 0.4) is 0 Å². The molecule has 2 aromatic carbocycles. The van der Waals surface area contributed by atoms with Crippen molar-refractivity contribution in [1.82, 2.24) is 0 Å². The molecule has 0 atom stereocenters. The van der Waals surface area contributed by atoms with Crippen LogP contribution >= 0.6 is 11.3 Å². The number of hydrogen-bond acceptors (Lipinski definition) is 3. The van der Waals surface area contributed by atoms with E-state index < -0.39 is 5.82 Å². The Morgan fingerprint density at radius 3 is 1.88 bits per heavy atom. The molecule has 0 saturated heterocycles. The molecule has 0 amide bonds. The molecule has 1 aromatic heterocycles. The van der Waals surface area contributed by atoms with E-state index in [1.54, 1.807) is 12.1 Å². The number of fused-ring (bicyclic) bond motifs is 3. The van der Waals surface area contributed by atoms with Crippen LogP contribution < -0.4 is 9.47 Å². The quantitative estimate of drug-likeness (QED) is 0.299. The van der Waals surface area contributed by atoms with Gasteiger partial charge >= 0.3 is 0 Å². The Hall–Kier alpha value is -1.88. The highest BCUT2D eigenvalue weighted by molar-refractivity contribution is 7.25. The van der Waals surface area contributed by atoms with Gasteiger partial charge in [0.2, 0.25) is 0 Å². The third-order valence-corrected chi connectivity index (χ3v) is 8.38. The van der Waals surface area contributed by atoms with Gasteiger partial charge < -0.3 is 9.47 Å². The van der Waals surface area contributed by atoms with Crippen molar-refractivity contribution in [3.05, 3.63) is 35.9 Å². The summed E-state index contributed by atoms with van der Waals surface area (Å²) in [7, 11) is 0. The lowest BCUT2D eigenvalue weighted by atomic mass is 9.80. The second-order valence-electron chi connectivity index (χ2n) is 9.69. The molecular weight excluding hydrogens is 426 g/mol. The average Bonchev–Trinajstić information content (AvgIpc) is 3.53. The van der Waals surface area contributed by atoms with E-state index in [4.69, 9.17) is 9.47 Å². The summed E-state index contributed by atoms with van der Waals surface area (Å²) >= 11 is 1.15. The minimum atomic E-state index is -0.398. The molecule has 1 heterocycles. The van der Waals surface area contributed by atoms with Crippen molar-refractivity contribution in [1.29, 1.82) is 0 Å². The summed E-state index contributed by atoms with van der Waals surface area (Å²) in [5.41, 5.74) is 0. The number of unbranched alkanes of at least 4 members (excludes halogenated alkanes) is 1. The molecule has 5 rings (SSSR count). The topological polar surface area (TPSA) is 18.5 Å². The van der Waals surface area contributed by atoms with Gasteiger partial charge in [-0.05, 0) is 67.7 Å². The van der Waals surface area contributed by atoms with E-state index in [1.165, 1.54) is 44.9 Å². The lowest BCUT2D eigenvalue weighted by molar-refractivity contribution is 0.173. The van der Waals surface area contributed by atoms with Gasteiger partial charge in [-0.2, -0.15) is 0 Å². The van der Waals surface area contributed by atoms with Crippen molar-refractivity contribution >= 4 is 31.5 Å². The van der Waals surface area contributed by atoms with Crippen LogP contribution in [0.4, 0.5) is 8.78 Å². The molecule has 32 heavy (non-hydrogen) atoms. The maximum Gasteiger partial charge on any atom is 0.182 e. The van der Waals surface area contributed by atoms with E-state index >= 15 is 8.78 Å². The van der Waals surface area contributed by atoms with Crippen molar-refractivity contribution in [2.75, 3.05) is 13.2 Å². The number of thiophene rings is 1. The zero-order chi connectivity index (χ0) is 22.1. The molecule has 0 unspecified atom stereocenters. The van der Waals surface area contributed by atoms with Crippen LogP contribution in [-0.4, -0.2) is 13.2 Å². The van der Waals surface area contributed by atoms with Crippen LogP contribution in [-0.2, 0) is 0 Å². The number of hydrogen-bond donors (Lipinski definition) is 0. The highest BCUT2D eigenvalue weighted by atomic mass is 32.1. The maximum atomic E-state index is 15.3. The molecule has 2 fully saturated rings. The fourth-order valence-corrected chi connectivity index (χ4v) is 6.18. The molecule has 3 aromatic rings. The molecule has 0 aliphatic heterocycles. The Kier molecular flexibility index (Phi) is 6.54. The van der Waals surface area contributed by atoms with Crippen molar-refractivity contribution in [3.8, 4) is 11.5 Å². The smallest absolute Gasteiger partial charge is 0.182 e. The van der Waals surface area contributed by atoms with Crippen LogP contribution in [0.25, 0.3) is 20.2 Å². The van der Waals surface area contributed by atoms with Gasteiger partial charge in [0.05, 0.1) is 22.6 Å². The fraction of sp³-hybridized carbons (Fsp3) is 0.556. The van der Waals surface area contributed by atoms with Crippen LogP contribution in [0.15, 0.2) is 24.3 Å². The molecule has 2 aliphatic rings. The molecule has 5 heteroatoms. The summed E-state index contributed by atoms with van der Waals surface area (Å²) in [6.45, 7) is 3.11. The van der Waals surface area contributed by atoms with Gasteiger partial charge in [-0.1, -0.05) is 39.0 Å². The van der Waals surface area contributed by atoms with E-state index in [2.05, 4.69) is 6.92 Å². The van der Waals surface area contributed by atoms with Crippen molar-refractivity contribution in [3.63, 3.8) is 0 Å². The zero-order valence-corrected chi connectivity index (χ0v) is 19.6. The Morgan fingerprint density at radius 1 is 0.781 bits per heavy atom. The van der Waals surface area contributed by atoms with E-state index in [1.807, 2.05) is 12.1 Å². The van der Waals surface area contributed by atoms with Gasteiger partial charge in [0.1, 0.15) is 0 Å². The molecule has 0 radical (unpaired) electrons. The maximum absolute atomic E-state index is 15.3. The largest absolute Gasteiger partial charge is 0.490 e. The van der Waals surface area contributed by atoms with Crippen molar-refractivity contribution in [2.24, 2.45) is 17.8 Å². The number of rotatable bonds is 9. The van der Waals surface area contributed by atoms with E-state index in [-0.39, 0.29) is 17.3 Å². The Morgan fingerprint density at radius 2 is 1.31 bits per heavy atom. The lowest BCUT2D eigenvalue weighted by Gasteiger charge is -2.28. The first kappa shape index (κ1) is 21.9. The molecule has 172 valence electrons. The van der Waals surface area contributed by atoms with Crippen LogP contribution in [0.1, 0.15) is 64.7 Å². The lowest BCUT2D eigenvalue weighted by Crippen LogP contribution is -2.20. The average molecular weight is 459 g/mol. The third kappa shape index (κ3) is 4.59. The first-order valence-electron chi connectivity index (χ1n) is 12.2. The van der Waals surface area contributed by atoms with Gasteiger partial charge in [-0.25, -0.2) is 8.78 Å². The highest BCUT2D eigenvalue weighted by Crippen LogP contribution is 2.43. The molecule has 0 bridgehead atoms. The normalized spacial score (nSPS) is 21.3. The second kappa shape index (κ2) is 9.54. The summed E-state index contributed by atoms with van der Waals surface area (Å²) in [5, 5.41) is 1.46. The minimum Gasteiger partial charge on any atom is -0.490 e. The predicted octanol–water partition coefficient (Wildman–Crippen LogP) is 8.50. The highest BCUT2D eigenvalue weighted by Gasteiger charge is 2.29. The van der Waals surface area contributed by atoms with Crippen LogP contribution in [0.2, 0.25) is 0 Å². The van der Waals surface area contributed by atoms with E-state index in [0.29, 0.717) is 28.5 Å². The summed E-state index contributed by atoms with van der Waals surface area (Å²) in [6.07, 6.45) is 11.1. The first-order valence-corrected chi connectivity index (χ1v) is 13.0. The van der Waals surface area contributed by atoms with E-state index in [0.717, 1.165) is 46.8 Å². The van der Waals surface area contributed by atoms with Gasteiger partial charge in [-0.15, -0.1) is 11.3 Å². The second-order valence-corrected chi connectivity index (χ2v) is 10.7. The molecule has 2 saturated carbocycles. The zero-order valence-electron chi connectivity index (χ0n) is 18.8. The first-order chi connectivity index (χ1) is 15.6. The summed E-state index contributed by atoms with van der Waals surface area (Å²) in [6, 6.07) is 7.04. The molecular formula is C27H32F2O2S. The van der Waals surface area contributed by atoms with Gasteiger partial charge in [0.15, 0.2) is 23.1 Å². The summed E-state index contributed by atoms with van der Waals surface area (Å²) in [4.78, 5) is 0. The number of halogens is 2. The monoisotopic (exact) mass is 458 g/mol. The van der Waals surface area contributed by atoms with Gasteiger partial charge in [0, 0.05) is 10.8 Å². The summed E-state index contributed by atoms with van der Waals surface area (Å²) in [5.74, 6) is 2.14. The van der Waals surface area contributed by atoms with Gasteiger partial charge in [0.25, 0.3) is 0 Å². The standard InChI is InChI=1S/C27H32F2O2S/c1-2-3-14-30-22-12-10-20-21-11-13-23(25(29)27(21)32-26(20)24(22)28)31-16-19-8-6-18(7-9-19)15-17-4-5-17/h10-13,17-19H,2-9,14-16H2,1H3. The molecule has 0 spiro atoms. The van der Waals surface area contributed by atoms with Crippen LogP contribution in [0.5, 0.6) is 11.5 Å². The van der Waals surface area contributed by atoms with Crippen molar-refractivity contribution in [2.45, 2.75) is 64.7 Å². The molecule has 2 nitrogen and oxygen atoms in total.